The number of likely N-dealkylation sites (tertiary alicyclic amines) is 1. The molecule has 0 radical (unpaired) electrons. The smallest absolute Gasteiger partial charge is 0.294 e. The molecule has 7 heteroatoms. The Kier molecular flexibility index (Phi) is 6.42. The van der Waals surface area contributed by atoms with Crippen molar-refractivity contribution < 1.29 is 19.1 Å². The zero-order valence-corrected chi connectivity index (χ0v) is 16.5. The van der Waals surface area contributed by atoms with E-state index in [9.17, 15) is 14.4 Å². The molecule has 0 N–H and O–H groups in total. The molecule has 2 heterocycles. The van der Waals surface area contributed by atoms with E-state index in [-0.39, 0.29) is 25.1 Å². The normalized spacial score (nSPS) is 21.1. The molecule has 28 heavy (non-hydrogen) atoms. The first-order valence-electron chi connectivity index (χ1n) is 9.20. The molecule has 0 aliphatic carbocycles. The fourth-order valence-electron chi connectivity index (χ4n) is 3.27. The molecule has 1 atom stereocenters. The van der Waals surface area contributed by atoms with Gasteiger partial charge >= 0.3 is 0 Å². The number of carbonyl (C=O) groups excluding carboxylic acids is 3. The molecule has 0 unspecified atom stereocenters. The number of imide groups is 1. The lowest BCUT2D eigenvalue weighted by molar-refractivity contribution is -0.138. The van der Waals surface area contributed by atoms with Crippen molar-refractivity contribution >= 4 is 34.9 Å². The van der Waals surface area contributed by atoms with Crippen LogP contribution in [0.5, 0.6) is 5.75 Å². The molecule has 2 saturated heterocycles. The number of terminal acetylenes is 1. The number of ether oxygens (including phenoxy) is 1. The third-order valence-electron chi connectivity index (χ3n) is 4.79. The second-order valence-corrected chi connectivity index (χ2v) is 7.75. The van der Waals surface area contributed by atoms with E-state index < -0.39 is 11.1 Å². The summed E-state index contributed by atoms with van der Waals surface area (Å²) in [6.07, 6.45) is 9.81. The van der Waals surface area contributed by atoms with Crippen LogP contribution in [0.3, 0.4) is 0 Å². The van der Waals surface area contributed by atoms with Gasteiger partial charge in [-0.05, 0) is 61.7 Å². The van der Waals surface area contributed by atoms with E-state index in [1.807, 2.05) is 6.92 Å². The first-order valence-corrected chi connectivity index (χ1v) is 10.0. The fourth-order valence-corrected chi connectivity index (χ4v) is 4.11. The lowest BCUT2D eigenvalue weighted by Gasteiger charge is -2.34. The van der Waals surface area contributed by atoms with E-state index in [1.165, 1.54) is 0 Å². The predicted molar refractivity (Wildman–Crippen MR) is 108 cm³/mol. The van der Waals surface area contributed by atoms with Gasteiger partial charge in [0.15, 0.2) is 0 Å². The van der Waals surface area contributed by atoms with E-state index in [0.29, 0.717) is 17.2 Å². The zero-order valence-electron chi connectivity index (χ0n) is 15.7. The summed E-state index contributed by atoms with van der Waals surface area (Å²) in [5.74, 6) is 2.41. The van der Waals surface area contributed by atoms with Crippen molar-refractivity contribution in [1.29, 1.82) is 0 Å². The number of hydrogen-bond donors (Lipinski definition) is 0. The lowest BCUT2D eigenvalue weighted by atomic mass is 10.0. The van der Waals surface area contributed by atoms with Gasteiger partial charge in [0.1, 0.15) is 18.9 Å². The Labute approximate surface area is 168 Å². The predicted octanol–water partition coefficient (Wildman–Crippen LogP) is 3.14. The summed E-state index contributed by atoms with van der Waals surface area (Å²) in [6.45, 7) is 2.66. The van der Waals surface area contributed by atoms with Gasteiger partial charge in [-0.25, -0.2) is 0 Å². The summed E-state index contributed by atoms with van der Waals surface area (Å²) in [5.41, 5.74) is 0.759. The second kappa shape index (κ2) is 8.98. The maximum Gasteiger partial charge on any atom is 0.294 e. The molecule has 2 fully saturated rings. The van der Waals surface area contributed by atoms with Crippen molar-refractivity contribution in [2.24, 2.45) is 0 Å². The average molecular weight is 398 g/mol. The highest BCUT2D eigenvalue weighted by atomic mass is 32.2. The minimum absolute atomic E-state index is 0.145. The van der Waals surface area contributed by atoms with Crippen LogP contribution in [0.4, 0.5) is 4.79 Å². The average Bonchev–Trinajstić information content (AvgIpc) is 2.95. The van der Waals surface area contributed by atoms with Gasteiger partial charge in [0.2, 0.25) is 5.91 Å². The van der Waals surface area contributed by atoms with Crippen molar-refractivity contribution in [2.45, 2.75) is 32.2 Å². The maximum atomic E-state index is 12.6. The number of piperidine rings is 1. The Hall–Kier alpha value is -2.72. The third-order valence-corrected chi connectivity index (χ3v) is 5.70. The van der Waals surface area contributed by atoms with Gasteiger partial charge in [-0.3, -0.25) is 19.3 Å². The van der Waals surface area contributed by atoms with Crippen molar-refractivity contribution in [3.8, 4) is 18.1 Å². The molecule has 1 aromatic rings. The second-order valence-electron chi connectivity index (χ2n) is 6.76. The van der Waals surface area contributed by atoms with Gasteiger partial charge in [0, 0.05) is 12.6 Å². The topological polar surface area (TPSA) is 66.9 Å². The van der Waals surface area contributed by atoms with E-state index >= 15 is 0 Å². The molecule has 0 saturated carbocycles. The van der Waals surface area contributed by atoms with Gasteiger partial charge in [-0.15, -0.1) is 6.42 Å². The molecule has 0 bridgehead atoms. The van der Waals surface area contributed by atoms with Crippen molar-refractivity contribution in [3.05, 3.63) is 34.7 Å². The van der Waals surface area contributed by atoms with Crippen LogP contribution in [0.1, 0.15) is 31.7 Å². The molecule has 146 valence electrons. The van der Waals surface area contributed by atoms with Crippen LogP contribution in [-0.4, -0.2) is 52.6 Å². The quantitative estimate of drug-likeness (QED) is 0.563. The van der Waals surface area contributed by atoms with Gasteiger partial charge in [0.05, 0.1) is 4.91 Å². The van der Waals surface area contributed by atoms with E-state index in [4.69, 9.17) is 11.2 Å². The number of rotatable bonds is 5. The Morgan fingerprint density at radius 3 is 2.75 bits per heavy atom. The first-order chi connectivity index (χ1) is 13.5. The van der Waals surface area contributed by atoms with Crippen LogP contribution >= 0.6 is 11.8 Å². The summed E-state index contributed by atoms with van der Waals surface area (Å²) >= 11 is 0.854. The molecule has 3 amide bonds. The molecule has 0 spiro atoms. The van der Waals surface area contributed by atoms with Crippen molar-refractivity contribution in [2.75, 3.05) is 19.7 Å². The first kappa shape index (κ1) is 20.0. The van der Waals surface area contributed by atoms with Gasteiger partial charge in [-0.1, -0.05) is 18.1 Å². The van der Waals surface area contributed by atoms with E-state index in [2.05, 4.69) is 5.92 Å². The van der Waals surface area contributed by atoms with E-state index in [0.717, 1.165) is 41.5 Å². The molecule has 0 aromatic heterocycles. The van der Waals surface area contributed by atoms with Crippen LogP contribution < -0.4 is 4.74 Å². The minimum Gasteiger partial charge on any atom is -0.481 e. The van der Waals surface area contributed by atoms with Crippen LogP contribution in [0, 0.1) is 12.3 Å². The summed E-state index contributed by atoms with van der Waals surface area (Å²) in [4.78, 5) is 40.6. The number of carbonyl (C=O) groups is 3. The SMILES string of the molecule is C#CCOc1ccc(/C=C2\SC(=O)N(CC(=O)N3CCCC[C@H]3C)C2=O)cc1. The van der Waals surface area contributed by atoms with Crippen LogP contribution in [0.25, 0.3) is 6.08 Å². The van der Waals surface area contributed by atoms with Crippen LogP contribution in [0.2, 0.25) is 0 Å². The molecule has 3 rings (SSSR count). The van der Waals surface area contributed by atoms with Crippen LogP contribution in [-0.2, 0) is 9.59 Å². The third kappa shape index (κ3) is 4.57. The molecule has 2 aliphatic rings. The standard InChI is InChI=1S/C21H22N2O4S/c1-3-12-27-17-9-7-16(8-10-17)13-18-20(25)23(21(26)28-18)14-19(24)22-11-5-4-6-15(22)2/h1,7-10,13,15H,4-6,11-12,14H2,2H3/b18-13-/t15-/m1/s1. The van der Waals surface area contributed by atoms with E-state index in [1.54, 1.807) is 35.2 Å². The maximum absolute atomic E-state index is 12.6. The molecular weight excluding hydrogens is 376 g/mol. The molecule has 2 aliphatic heterocycles. The number of hydrogen-bond acceptors (Lipinski definition) is 5. The van der Waals surface area contributed by atoms with Gasteiger partial charge in [-0.2, -0.15) is 0 Å². The Morgan fingerprint density at radius 1 is 1.32 bits per heavy atom. The monoisotopic (exact) mass is 398 g/mol. The Balaban J connectivity index is 1.66. The molecular formula is C21H22N2O4S. The van der Waals surface area contributed by atoms with Gasteiger partial charge in [0.25, 0.3) is 11.1 Å². The van der Waals surface area contributed by atoms with Crippen molar-refractivity contribution in [1.82, 2.24) is 9.80 Å². The largest absolute Gasteiger partial charge is 0.481 e. The molecule has 1 aromatic carbocycles. The van der Waals surface area contributed by atoms with Gasteiger partial charge < -0.3 is 9.64 Å². The Bertz CT molecular complexity index is 841. The van der Waals surface area contributed by atoms with Crippen LogP contribution in [0.15, 0.2) is 29.2 Å². The minimum atomic E-state index is -0.430. The highest BCUT2D eigenvalue weighted by Crippen LogP contribution is 2.32. The number of thioether (sulfide) groups is 1. The highest BCUT2D eigenvalue weighted by Gasteiger charge is 2.37. The summed E-state index contributed by atoms with van der Waals surface area (Å²) < 4.78 is 5.31. The number of amides is 3. The highest BCUT2D eigenvalue weighted by molar-refractivity contribution is 8.18. The van der Waals surface area contributed by atoms with Crippen molar-refractivity contribution in [3.63, 3.8) is 0 Å². The number of nitrogens with zero attached hydrogens (tertiary/aromatic N) is 2. The summed E-state index contributed by atoms with van der Waals surface area (Å²) in [5, 5.41) is -0.414. The number of benzene rings is 1. The fraction of sp³-hybridized carbons (Fsp3) is 0.381. The summed E-state index contributed by atoms with van der Waals surface area (Å²) in [6, 6.07) is 7.19. The molecule has 6 nitrogen and oxygen atoms in total. The zero-order chi connectivity index (χ0) is 20.1. The summed E-state index contributed by atoms with van der Waals surface area (Å²) in [7, 11) is 0. The Morgan fingerprint density at radius 2 is 2.07 bits per heavy atom. The lowest BCUT2D eigenvalue weighted by Crippen LogP contribution is -2.47.